The Hall–Kier alpha value is -1.03. The molecule has 2 aliphatic rings. The van der Waals surface area contributed by atoms with Crippen molar-refractivity contribution in [3.63, 3.8) is 0 Å². The van der Waals surface area contributed by atoms with Gasteiger partial charge in [-0.25, -0.2) is 4.39 Å². The molecule has 2 bridgehead atoms. The highest BCUT2D eigenvalue weighted by molar-refractivity contribution is 8.00. The van der Waals surface area contributed by atoms with Crippen molar-refractivity contribution in [3.05, 3.63) is 29.6 Å². The van der Waals surface area contributed by atoms with Crippen molar-refractivity contribution in [3.8, 4) is 5.75 Å². The maximum atomic E-state index is 13.4. The smallest absolute Gasteiger partial charge is 0.166 e. The summed E-state index contributed by atoms with van der Waals surface area (Å²) in [5, 5.41) is 1.28. The van der Waals surface area contributed by atoms with E-state index in [-0.39, 0.29) is 17.5 Å². The van der Waals surface area contributed by atoms with Crippen LogP contribution in [0.15, 0.2) is 18.2 Å². The molecule has 2 unspecified atom stereocenters. The van der Waals surface area contributed by atoms with Crippen LogP contribution in [0.1, 0.15) is 42.5 Å². The Morgan fingerprint density at radius 1 is 1.30 bits per heavy atom. The first-order chi connectivity index (χ1) is 9.67. The molecule has 2 fully saturated rings. The molecular formula is C16H19FO2S. The minimum absolute atomic E-state index is 0.0988. The molecule has 1 aromatic rings. The van der Waals surface area contributed by atoms with E-state index in [1.165, 1.54) is 38.5 Å². The lowest BCUT2D eigenvalue weighted by molar-refractivity contribution is 0.0896. The van der Waals surface area contributed by atoms with Crippen LogP contribution in [-0.2, 0) is 0 Å². The quantitative estimate of drug-likeness (QED) is 0.786. The summed E-state index contributed by atoms with van der Waals surface area (Å²) in [5.41, 5.74) is 0.582. The van der Waals surface area contributed by atoms with Gasteiger partial charge in [-0.2, -0.15) is 11.8 Å². The summed E-state index contributed by atoms with van der Waals surface area (Å²) in [6.07, 6.45) is 5.71. The Morgan fingerprint density at radius 3 is 2.65 bits per heavy atom. The monoisotopic (exact) mass is 294 g/mol. The molecule has 0 aliphatic carbocycles. The van der Waals surface area contributed by atoms with Gasteiger partial charge in [-0.15, -0.1) is 0 Å². The zero-order valence-electron chi connectivity index (χ0n) is 11.6. The minimum Gasteiger partial charge on any atom is -0.494 e. The first kappa shape index (κ1) is 13.9. The number of benzene rings is 1. The predicted octanol–water partition coefficient (Wildman–Crippen LogP) is 4.08. The zero-order valence-corrected chi connectivity index (χ0v) is 12.4. The van der Waals surface area contributed by atoms with E-state index in [2.05, 4.69) is 11.8 Å². The van der Waals surface area contributed by atoms with Crippen molar-refractivity contribution in [2.24, 2.45) is 5.92 Å². The van der Waals surface area contributed by atoms with Crippen molar-refractivity contribution >= 4 is 17.5 Å². The van der Waals surface area contributed by atoms with Gasteiger partial charge >= 0.3 is 0 Å². The highest BCUT2D eigenvalue weighted by atomic mass is 32.2. The SMILES string of the molecule is COc1cc(C(=O)C2CC3CCCC(C2)S3)ccc1F. The molecule has 0 aromatic heterocycles. The number of carbonyl (C=O) groups excluding carboxylic acids is 1. The molecule has 20 heavy (non-hydrogen) atoms. The van der Waals surface area contributed by atoms with Crippen LogP contribution in [0.5, 0.6) is 5.75 Å². The molecule has 108 valence electrons. The standard InChI is InChI=1S/C16H19FO2S/c1-19-15-9-10(5-6-14(15)17)16(18)11-7-12-3-2-4-13(8-11)20-12/h5-6,9,11-13H,2-4,7-8H2,1H3. The van der Waals surface area contributed by atoms with E-state index in [0.717, 1.165) is 12.8 Å². The van der Waals surface area contributed by atoms with Crippen LogP contribution in [0.2, 0.25) is 0 Å². The van der Waals surface area contributed by atoms with Crippen LogP contribution in [0.25, 0.3) is 0 Å². The number of hydrogen-bond donors (Lipinski definition) is 0. The van der Waals surface area contributed by atoms with Gasteiger partial charge in [-0.05, 0) is 43.9 Å². The number of fused-ring (bicyclic) bond motifs is 2. The van der Waals surface area contributed by atoms with Gasteiger partial charge < -0.3 is 4.74 Å². The molecule has 0 N–H and O–H groups in total. The molecular weight excluding hydrogens is 275 g/mol. The van der Waals surface area contributed by atoms with Gasteiger partial charge in [0.05, 0.1) is 7.11 Å². The summed E-state index contributed by atoms with van der Waals surface area (Å²) < 4.78 is 18.4. The lowest BCUT2D eigenvalue weighted by Gasteiger charge is -2.37. The topological polar surface area (TPSA) is 26.3 Å². The molecule has 2 heterocycles. The van der Waals surface area contributed by atoms with Crippen LogP contribution in [0.3, 0.4) is 0 Å². The Morgan fingerprint density at radius 2 is 2.00 bits per heavy atom. The molecule has 3 rings (SSSR count). The first-order valence-electron chi connectivity index (χ1n) is 7.20. The number of carbonyl (C=O) groups is 1. The zero-order chi connectivity index (χ0) is 14.1. The predicted molar refractivity (Wildman–Crippen MR) is 79.0 cm³/mol. The van der Waals surface area contributed by atoms with Gasteiger partial charge in [0.25, 0.3) is 0 Å². The largest absolute Gasteiger partial charge is 0.494 e. The Bertz CT molecular complexity index is 505. The van der Waals surface area contributed by atoms with Crippen molar-refractivity contribution in [1.82, 2.24) is 0 Å². The molecule has 4 heteroatoms. The second kappa shape index (κ2) is 5.76. The summed E-state index contributed by atoms with van der Waals surface area (Å²) in [4.78, 5) is 12.6. The number of ketones is 1. The van der Waals surface area contributed by atoms with Crippen LogP contribution < -0.4 is 4.74 Å². The number of methoxy groups -OCH3 is 1. The molecule has 2 saturated heterocycles. The first-order valence-corrected chi connectivity index (χ1v) is 8.15. The molecule has 2 aliphatic heterocycles. The van der Waals surface area contributed by atoms with Crippen molar-refractivity contribution in [2.75, 3.05) is 7.11 Å². The average molecular weight is 294 g/mol. The van der Waals surface area contributed by atoms with E-state index >= 15 is 0 Å². The van der Waals surface area contributed by atoms with Crippen LogP contribution >= 0.6 is 11.8 Å². The third-order valence-corrected chi connectivity index (χ3v) is 5.96. The molecule has 2 atom stereocenters. The fourth-order valence-corrected chi connectivity index (χ4v) is 5.16. The van der Waals surface area contributed by atoms with Gasteiger partial charge in [0.2, 0.25) is 0 Å². The van der Waals surface area contributed by atoms with Gasteiger partial charge in [-0.1, -0.05) is 6.42 Å². The summed E-state index contributed by atoms with van der Waals surface area (Å²) >= 11 is 2.06. The van der Waals surface area contributed by atoms with E-state index in [4.69, 9.17) is 4.74 Å². The van der Waals surface area contributed by atoms with Gasteiger partial charge in [0, 0.05) is 22.0 Å². The number of rotatable bonds is 3. The van der Waals surface area contributed by atoms with E-state index < -0.39 is 5.82 Å². The third kappa shape index (κ3) is 2.71. The number of thioether (sulfide) groups is 1. The Labute approximate surface area is 123 Å². The van der Waals surface area contributed by atoms with Gasteiger partial charge in [-0.3, -0.25) is 4.79 Å². The minimum atomic E-state index is -0.417. The van der Waals surface area contributed by atoms with Crippen molar-refractivity contribution in [2.45, 2.75) is 42.6 Å². The fraction of sp³-hybridized carbons (Fsp3) is 0.562. The fourth-order valence-electron chi connectivity index (χ4n) is 3.32. The second-order valence-corrected chi connectivity index (χ2v) is 7.30. The molecule has 0 spiro atoms. The Kier molecular flexibility index (Phi) is 4.01. The number of ether oxygens (including phenoxy) is 1. The van der Waals surface area contributed by atoms with Crippen LogP contribution in [0, 0.1) is 11.7 Å². The normalized spacial score (nSPS) is 29.0. The van der Waals surface area contributed by atoms with E-state index in [1.807, 2.05) is 0 Å². The van der Waals surface area contributed by atoms with Gasteiger partial charge in [0.1, 0.15) is 0 Å². The highest BCUT2D eigenvalue weighted by Gasteiger charge is 2.36. The van der Waals surface area contributed by atoms with Crippen LogP contribution in [0.4, 0.5) is 4.39 Å². The summed E-state index contributed by atoms with van der Waals surface area (Å²) in [6, 6.07) is 4.44. The van der Waals surface area contributed by atoms with E-state index in [1.54, 1.807) is 6.07 Å². The Balaban J connectivity index is 1.78. The van der Waals surface area contributed by atoms with Crippen LogP contribution in [-0.4, -0.2) is 23.4 Å². The lowest BCUT2D eigenvalue weighted by atomic mass is 9.84. The molecule has 1 aromatic carbocycles. The maximum Gasteiger partial charge on any atom is 0.166 e. The summed E-state index contributed by atoms with van der Waals surface area (Å²) in [6.45, 7) is 0. The molecule has 2 nitrogen and oxygen atoms in total. The van der Waals surface area contributed by atoms with E-state index in [0.29, 0.717) is 16.1 Å². The van der Waals surface area contributed by atoms with Crippen molar-refractivity contribution in [1.29, 1.82) is 0 Å². The number of hydrogen-bond acceptors (Lipinski definition) is 3. The summed E-state index contributed by atoms with van der Waals surface area (Å²) in [7, 11) is 1.42. The number of halogens is 1. The molecule has 0 saturated carbocycles. The third-order valence-electron chi connectivity index (χ3n) is 4.34. The summed E-state index contributed by atoms with van der Waals surface area (Å²) in [5.74, 6) is -0.0106. The average Bonchev–Trinajstić information content (AvgIpc) is 2.46. The van der Waals surface area contributed by atoms with E-state index in [9.17, 15) is 9.18 Å². The highest BCUT2D eigenvalue weighted by Crippen LogP contribution is 2.44. The number of Topliss-reactive ketones (excluding diaryl/α,β-unsaturated/α-hetero) is 1. The lowest BCUT2D eigenvalue weighted by Crippen LogP contribution is -2.32. The molecule has 0 amide bonds. The van der Waals surface area contributed by atoms with Gasteiger partial charge in [0.15, 0.2) is 17.3 Å². The van der Waals surface area contributed by atoms with Crippen molar-refractivity contribution < 1.29 is 13.9 Å². The second-order valence-electron chi connectivity index (χ2n) is 5.69. The molecule has 0 radical (unpaired) electrons. The maximum absolute atomic E-state index is 13.4.